The first-order valence-corrected chi connectivity index (χ1v) is 11.1. The van der Waals surface area contributed by atoms with Crippen LogP contribution in [0, 0.1) is 0 Å². The molecule has 1 amide bonds. The van der Waals surface area contributed by atoms with Crippen LogP contribution in [0.5, 0.6) is 5.75 Å². The number of ether oxygens (including phenoxy) is 1. The zero-order valence-corrected chi connectivity index (χ0v) is 19.0. The number of nitrogens with two attached hydrogens (primary N) is 1. The maximum absolute atomic E-state index is 12.8. The predicted octanol–water partition coefficient (Wildman–Crippen LogP) is 4.85. The molecule has 4 rings (SSSR count). The van der Waals surface area contributed by atoms with Crippen LogP contribution in [0.25, 0.3) is 10.8 Å². The van der Waals surface area contributed by atoms with E-state index in [-0.39, 0.29) is 12.5 Å². The Bertz CT molecular complexity index is 1100. The number of hydrogen-bond acceptors (Lipinski definition) is 4. The Kier molecular flexibility index (Phi) is 6.77. The molecule has 1 aliphatic heterocycles. The van der Waals surface area contributed by atoms with Gasteiger partial charge in [-0.1, -0.05) is 46.9 Å². The van der Waals surface area contributed by atoms with Gasteiger partial charge in [-0.2, -0.15) is 0 Å². The Morgan fingerprint density at radius 3 is 2.32 bits per heavy atom. The van der Waals surface area contributed by atoms with Crippen molar-refractivity contribution in [3.05, 3.63) is 69.7 Å². The Labute approximate surface area is 196 Å². The van der Waals surface area contributed by atoms with E-state index in [0.717, 1.165) is 16.5 Å². The lowest BCUT2D eigenvalue weighted by Crippen LogP contribution is -2.54. The van der Waals surface area contributed by atoms with Crippen LogP contribution in [-0.2, 0) is 4.79 Å². The van der Waals surface area contributed by atoms with Gasteiger partial charge in [0.15, 0.2) is 0 Å². The number of rotatable bonds is 5. The summed E-state index contributed by atoms with van der Waals surface area (Å²) in [4.78, 5) is 16.7. The monoisotopic (exact) mass is 477 g/mol. The molecule has 31 heavy (non-hydrogen) atoms. The number of carbonyl (C=O) groups is 1. The van der Waals surface area contributed by atoms with Crippen LogP contribution < -0.4 is 15.4 Å². The van der Waals surface area contributed by atoms with E-state index in [1.807, 2.05) is 42.5 Å². The summed E-state index contributed by atoms with van der Waals surface area (Å²) in [5.41, 5.74) is 7.01. The number of amides is 1. The molecule has 0 spiro atoms. The molecule has 0 bridgehead atoms. The average molecular weight is 479 g/mol. The summed E-state index contributed by atoms with van der Waals surface area (Å²) < 4.78 is 5.79. The van der Waals surface area contributed by atoms with E-state index < -0.39 is 6.04 Å². The number of halogens is 3. The molecule has 3 aromatic rings. The highest BCUT2D eigenvalue weighted by Gasteiger charge is 2.26. The van der Waals surface area contributed by atoms with Gasteiger partial charge in [0.25, 0.3) is 0 Å². The molecule has 0 saturated carbocycles. The van der Waals surface area contributed by atoms with Gasteiger partial charge in [-0.3, -0.25) is 4.79 Å². The number of hydrogen-bond donors (Lipinski definition) is 1. The summed E-state index contributed by atoms with van der Waals surface area (Å²) in [5.74, 6) is 0.544. The van der Waals surface area contributed by atoms with Crippen molar-refractivity contribution in [1.82, 2.24) is 4.90 Å². The fourth-order valence-electron chi connectivity index (χ4n) is 3.67. The van der Waals surface area contributed by atoms with Gasteiger partial charge in [-0.15, -0.1) is 0 Å². The summed E-state index contributed by atoms with van der Waals surface area (Å²) in [7, 11) is 0. The molecule has 1 saturated heterocycles. The Morgan fingerprint density at radius 1 is 0.903 bits per heavy atom. The second-order valence-corrected chi connectivity index (χ2v) is 8.76. The molecule has 1 heterocycles. The van der Waals surface area contributed by atoms with E-state index in [2.05, 4.69) is 4.90 Å². The third-order valence-electron chi connectivity index (χ3n) is 5.36. The van der Waals surface area contributed by atoms with Crippen molar-refractivity contribution in [1.29, 1.82) is 0 Å². The molecule has 0 aliphatic carbocycles. The van der Waals surface area contributed by atoms with Crippen LogP contribution in [0.4, 0.5) is 5.69 Å². The van der Waals surface area contributed by atoms with Gasteiger partial charge in [0, 0.05) is 36.2 Å². The topological polar surface area (TPSA) is 58.8 Å². The number of nitrogens with zero attached hydrogens (tertiary/aromatic N) is 2. The van der Waals surface area contributed by atoms with Gasteiger partial charge < -0.3 is 20.3 Å². The lowest BCUT2D eigenvalue weighted by Gasteiger charge is -2.37. The number of carbonyl (C=O) groups excluding carboxylic acids is 1. The summed E-state index contributed by atoms with van der Waals surface area (Å²) in [6, 6.07) is 16.0. The third-order valence-corrected chi connectivity index (χ3v) is 6.15. The third kappa shape index (κ3) is 5.18. The van der Waals surface area contributed by atoms with Crippen molar-refractivity contribution >= 4 is 57.2 Å². The molecule has 1 fully saturated rings. The molecule has 0 radical (unpaired) electrons. The molecule has 5 nitrogen and oxygen atoms in total. The molecule has 3 aromatic carbocycles. The second-order valence-electron chi connectivity index (χ2n) is 7.48. The number of piperazine rings is 1. The van der Waals surface area contributed by atoms with Gasteiger partial charge in [-0.25, -0.2) is 0 Å². The number of anilines is 1. The Hall–Kier alpha value is -2.18. The fourth-order valence-corrected chi connectivity index (χ4v) is 4.26. The van der Waals surface area contributed by atoms with Crippen LogP contribution in [-0.4, -0.2) is 49.6 Å². The van der Waals surface area contributed by atoms with Gasteiger partial charge in [-0.05, 0) is 53.2 Å². The van der Waals surface area contributed by atoms with Crippen molar-refractivity contribution in [3.63, 3.8) is 0 Å². The Morgan fingerprint density at radius 2 is 1.55 bits per heavy atom. The number of benzene rings is 3. The maximum Gasteiger partial charge on any atom is 0.243 e. The van der Waals surface area contributed by atoms with Crippen molar-refractivity contribution in [2.75, 3.05) is 37.7 Å². The zero-order valence-electron chi connectivity index (χ0n) is 16.7. The molecule has 8 heteroatoms. The highest BCUT2D eigenvalue weighted by molar-refractivity contribution is 6.35. The van der Waals surface area contributed by atoms with Crippen molar-refractivity contribution in [2.45, 2.75) is 6.04 Å². The van der Waals surface area contributed by atoms with Crippen LogP contribution in [0.2, 0.25) is 15.1 Å². The SMILES string of the molecule is NC(COc1ccc2cc(Cl)ccc2c1)C(=O)N1CCN(c2cc(Cl)ccc2Cl)CC1. The standard InChI is InChI=1S/C23H22Cl3N3O2/c24-17-3-1-16-12-19(5-2-15(16)11-17)31-14-21(27)23(30)29-9-7-28(8-10-29)22-13-18(25)4-6-20(22)26/h1-6,11-13,21H,7-10,14,27H2. The minimum absolute atomic E-state index is 0.109. The molecular weight excluding hydrogens is 457 g/mol. The maximum atomic E-state index is 12.8. The summed E-state index contributed by atoms with van der Waals surface area (Å²) in [5, 5.41) is 4.00. The Balaban J connectivity index is 1.32. The first-order valence-electron chi connectivity index (χ1n) is 9.97. The molecular formula is C23H22Cl3N3O2. The lowest BCUT2D eigenvalue weighted by molar-refractivity contribution is -0.133. The first-order chi connectivity index (χ1) is 14.9. The fraction of sp³-hybridized carbons (Fsp3) is 0.261. The van der Waals surface area contributed by atoms with E-state index in [4.69, 9.17) is 45.3 Å². The normalized spacial score (nSPS) is 15.2. The number of fused-ring (bicyclic) bond motifs is 1. The van der Waals surface area contributed by atoms with Crippen LogP contribution >= 0.6 is 34.8 Å². The smallest absolute Gasteiger partial charge is 0.243 e. The molecule has 162 valence electrons. The minimum Gasteiger partial charge on any atom is -0.491 e. The van der Waals surface area contributed by atoms with Gasteiger partial charge >= 0.3 is 0 Å². The van der Waals surface area contributed by atoms with Crippen LogP contribution in [0.1, 0.15) is 0 Å². The van der Waals surface area contributed by atoms with E-state index >= 15 is 0 Å². The van der Waals surface area contributed by atoms with Crippen LogP contribution in [0.3, 0.4) is 0 Å². The van der Waals surface area contributed by atoms with E-state index in [9.17, 15) is 4.79 Å². The predicted molar refractivity (Wildman–Crippen MR) is 128 cm³/mol. The molecule has 1 atom stereocenters. The lowest BCUT2D eigenvalue weighted by atomic mass is 10.1. The highest BCUT2D eigenvalue weighted by atomic mass is 35.5. The summed E-state index contributed by atoms with van der Waals surface area (Å²) >= 11 is 18.4. The average Bonchev–Trinajstić information content (AvgIpc) is 2.78. The van der Waals surface area contributed by atoms with E-state index in [0.29, 0.717) is 47.0 Å². The second kappa shape index (κ2) is 9.53. The van der Waals surface area contributed by atoms with Gasteiger partial charge in [0.2, 0.25) is 5.91 Å². The molecule has 1 unspecified atom stereocenters. The zero-order chi connectivity index (χ0) is 22.0. The quantitative estimate of drug-likeness (QED) is 0.569. The van der Waals surface area contributed by atoms with Gasteiger partial charge in [0.05, 0.1) is 10.7 Å². The van der Waals surface area contributed by atoms with Crippen molar-refractivity contribution in [3.8, 4) is 5.75 Å². The largest absolute Gasteiger partial charge is 0.491 e. The van der Waals surface area contributed by atoms with Crippen molar-refractivity contribution in [2.24, 2.45) is 5.73 Å². The minimum atomic E-state index is -0.734. The van der Waals surface area contributed by atoms with Crippen molar-refractivity contribution < 1.29 is 9.53 Å². The van der Waals surface area contributed by atoms with Crippen LogP contribution in [0.15, 0.2) is 54.6 Å². The summed E-state index contributed by atoms with van der Waals surface area (Å²) in [6.07, 6.45) is 0. The van der Waals surface area contributed by atoms with E-state index in [1.54, 1.807) is 17.0 Å². The molecule has 1 aliphatic rings. The first kappa shape index (κ1) is 22.0. The highest BCUT2D eigenvalue weighted by Crippen LogP contribution is 2.30. The van der Waals surface area contributed by atoms with Gasteiger partial charge in [0.1, 0.15) is 18.4 Å². The van der Waals surface area contributed by atoms with E-state index in [1.165, 1.54) is 0 Å². The molecule has 2 N–H and O–H groups in total. The summed E-state index contributed by atoms with van der Waals surface area (Å²) in [6.45, 7) is 2.55. The molecule has 0 aromatic heterocycles.